The highest BCUT2D eigenvalue weighted by Gasteiger charge is 2.07. The van der Waals surface area contributed by atoms with Crippen molar-refractivity contribution in [2.24, 2.45) is 0 Å². The second-order valence-corrected chi connectivity index (χ2v) is 4.87. The zero-order valence-electron chi connectivity index (χ0n) is 6.53. The minimum Gasteiger partial charge on any atom is -0.443 e. The van der Waals surface area contributed by atoms with Crippen LogP contribution in [0.5, 0.6) is 0 Å². The predicted octanol–water partition coefficient (Wildman–Crippen LogP) is 2.66. The van der Waals surface area contributed by atoms with Crippen molar-refractivity contribution in [2.75, 3.05) is 0 Å². The first-order valence-corrected chi connectivity index (χ1v) is 5.21. The summed E-state index contributed by atoms with van der Waals surface area (Å²) >= 11 is 4.90. The monoisotopic (exact) mass is 259 g/mol. The first-order valence-electron chi connectivity index (χ1n) is 3.60. The van der Waals surface area contributed by atoms with E-state index in [1.54, 1.807) is 11.3 Å². The number of thiophene rings is 1. The van der Waals surface area contributed by atoms with Crippen LogP contribution in [0.4, 0.5) is 0 Å². The van der Waals surface area contributed by atoms with E-state index in [0.29, 0.717) is 11.6 Å². The van der Waals surface area contributed by atoms with E-state index < -0.39 is 0 Å². The Hall–Kier alpha value is -0.650. The summed E-state index contributed by atoms with van der Waals surface area (Å²) in [6, 6.07) is 3.85. The normalized spacial score (nSPS) is 10.6. The Bertz CT molecular complexity index is 410. The van der Waals surface area contributed by atoms with Gasteiger partial charge in [0.05, 0.1) is 15.3 Å². The fourth-order valence-electron chi connectivity index (χ4n) is 0.922. The molecule has 0 saturated heterocycles. The Morgan fingerprint density at radius 1 is 1.54 bits per heavy atom. The number of aliphatic hydroxyl groups excluding tert-OH is 1. The molecule has 0 spiro atoms. The van der Waals surface area contributed by atoms with Crippen LogP contribution >= 0.6 is 27.3 Å². The number of hydrogen-bond acceptors (Lipinski definition) is 4. The van der Waals surface area contributed by atoms with Crippen molar-refractivity contribution in [3.8, 4) is 10.8 Å². The van der Waals surface area contributed by atoms with Crippen LogP contribution in [0, 0.1) is 0 Å². The average molecular weight is 260 g/mol. The van der Waals surface area contributed by atoms with Gasteiger partial charge in [0.25, 0.3) is 0 Å². The number of aromatic nitrogens is 1. The molecule has 0 atom stereocenters. The molecule has 3 nitrogen and oxygen atoms in total. The molecule has 2 aromatic rings. The third kappa shape index (κ3) is 1.82. The van der Waals surface area contributed by atoms with Gasteiger partial charge in [0.15, 0.2) is 0 Å². The topological polar surface area (TPSA) is 46.3 Å². The lowest BCUT2D eigenvalue weighted by Crippen LogP contribution is -1.80. The molecule has 0 fully saturated rings. The zero-order chi connectivity index (χ0) is 9.26. The summed E-state index contributed by atoms with van der Waals surface area (Å²) in [4.78, 5) is 5.04. The molecule has 13 heavy (non-hydrogen) atoms. The highest BCUT2D eigenvalue weighted by Crippen LogP contribution is 2.30. The number of hydrogen-bond donors (Lipinski definition) is 1. The molecule has 68 valence electrons. The third-order valence-electron chi connectivity index (χ3n) is 1.50. The van der Waals surface area contributed by atoms with Crippen LogP contribution < -0.4 is 0 Å². The van der Waals surface area contributed by atoms with Crippen LogP contribution in [-0.4, -0.2) is 10.1 Å². The number of nitrogens with zero attached hydrogens (tertiary/aromatic N) is 1. The van der Waals surface area contributed by atoms with Crippen molar-refractivity contribution in [3.63, 3.8) is 0 Å². The number of oxazole rings is 1. The van der Waals surface area contributed by atoms with Crippen molar-refractivity contribution >= 4 is 27.3 Å². The molecule has 2 aromatic heterocycles. The van der Waals surface area contributed by atoms with Gasteiger partial charge in [0.1, 0.15) is 12.0 Å². The van der Waals surface area contributed by atoms with Crippen molar-refractivity contribution < 1.29 is 9.52 Å². The summed E-state index contributed by atoms with van der Waals surface area (Å²) in [5.74, 6) is 0.555. The molecule has 0 bridgehead atoms. The average Bonchev–Trinajstić information content (AvgIpc) is 2.71. The van der Waals surface area contributed by atoms with Crippen LogP contribution in [-0.2, 0) is 6.61 Å². The Morgan fingerprint density at radius 2 is 2.38 bits per heavy atom. The molecule has 5 heteroatoms. The minimum atomic E-state index is -0.0873. The van der Waals surface area contributed by atoms with Gasteiger partial charge in [-0.2, -0.15) is 0 Å². The van der Waals surface area contributed by atoms with E-state index in [2.05, 4.69) is 20.9 Å². The van der Waals surface area contributed by atoms with Gasteiger partial charge in [-0.1, -0.05) is 0 Å². The van der Waals surface area contributed by atoms with E-state index in [1.807, 2.05) is 12.1 Å². The van der Waals surface area contributed by atoms with E-state index in [-0.39, 0.29) is 6.61 Å². The van der Waals surface area contributed by atoms with E-state index in [9.17, 15) is 0 Å². The third-order valence-corrected chi connectivity index (χ3v) is 3.11. The molecule has 0 aliphatic carbocycles. The van der Waals surface area contributed by atoms with Gasteiger partial charge in [0, 0.05) is 0 Å². The molecule has 0 unspecified atom stereocenters. The second kappa shape index (κ2) is 3.61. The maximum atomic E-state index is 8.77. The summed E-state index contributed by atoms with van der Waals surface area (Å²) in [7, 11) is 0. The smallest absolute Gasteiger partial charge is 0.236 e. The molecule has 0 aromatic carbocycles. The lowest BCUT2D eigenvalue weighted by molar-refractivity contribution is 0.276. The largest absolute Gasteiger partial charge is 0.443 e. The van der Waals surface area contributed by atoms with Gasteiger partial charge in [-0.15, -0.1) is 11.3 Å². The standard InChI is InChI=1S/C8H6BrNO2S/c9-7-2-1-6(13-7)8-10-5(3-11)4-12-8/h1-2,4,11H,3H2. The molecule has 1 N–H and O–H groups in total. The lowest BCUT2D eigenvalue weighted by atomic mass is 10.5. The zero-order valence-corrected chi connectivity index (χ0v) is 8.93. The number of rotatable bonds is 2. The van der Waals surface area contributed by atoms with Gasteiger partial charge in [0.2, 0.25) is 5.89 Å². The molecule has 0 aliphatic heterocycles. The van der Waals surface area contributed by atoms with Crippen LogP contribution in [0.25, 0.3) is 10.8 Å². The van der Waals surface area contributed by atoms with E-state index >= 15 is 0 Å². The summed E-state index contributed by atoms with van der Waals surface area (Å²) in [5, 5.41) is 8.77. The molecule has 2 rings (SSSR count). The summed E-state index contributed by atoms with van der Waals surface area (Å²) in [5.41, 5.74) is 0.555. The van der Waals surface area contributed by atoms with Crippen molar-refractivity contribution in [2.45, 2.75) is 6.61 Å². The number of aliphatic hydroxyl groups is 1. The van der Waals surface area contributed by atoms with Gasteiger partial charge in [-0.25, -0.2) is 4.98 Å². The fraction of sp³-hybridized carbons (Fsp3) is 0.125. The van der Waals surface area contributed by atoms with Crippen LogP contribution in [0.2, 0.25) is 0 Å². The van der Waals surface area contributed by atoms with Gasteiger partial charge in [-0.05, 0) is 28.1 Å². The van der Waals surface area contributed by atoms with Crippen molar-refractivity contribution in [1.82, 2.24) is 4.98 Å². The highest BCUT2D eigenvalue weighted by molar-refractivity contribution is 9.11. The molecule has 0 aliphatic rings. The minimum absolute atomic E-state index is 0.0873. The predicted molar refractivity (Wildman–Crippen MR) is 53.4 cm³/mol. The van der Waals surface area contributed by atoms with Crippen LogP contribution in [0.1, 0.15) is 5.69 Å². The molecule has 0 saturated carbocycles. The van der Waals surface area contributed by atoms with Gasteiger partial charge >= 0.3 is 0 Å². The molecule has 0 radical (unpaired) electrons. The second-order valence-electron chi connectivity index (χ2n) is 2.41. The Balaban J connectivity index is 2.35. The Kier molecular flexibility index (Phi) is 2.48. The van der Waals surface area contributed by atoms with Crippen LogP contribution in [0.3, 0.4) is 0 Å². The Morgan fingerprint density at radius 3 is 2.92 bits per heavy atom. The molecule has 0 amide bonds. The molecular weight excluding hydrogens is 254 g/mol. The van der Waals surface area contributed by atoms with Crippen molar-refractivity contribution in [3.05, 3.63) is 27.9 Å². The van der Waals surface area contributed by atoms with E-state index in [0.717, 1.165) is 8.66 Å². The SMILES string of the molecule is OCc1coc(-c2ccc(Br)s2)n1. The fourth-order valence-corrected chi connectivity index (χ4v) is 2.24. The Labute approximate surface area is 87.2 Å². The molecule has 2 heterocycles. The highest BCUT2D eigenvalue weighted by atomic mass is 79.9. The molecular formula is C8H6BrNO2S. The first-order chi connectivity index (χ1) is 6.29. The van der Waals surface area contributed by atoms with Crippen LogP contribution in [0.15, 0.2) is 26.6 Å². The summed E-state index contributed by atoms with van der Waals surface area (Å²) in [6.45, 7) is -0.0873. The maximum Gasteiger partial charge on any atom is 0.236 e. The summed E-state index contributed by atoms with van der Waals surface area (Å²) < 4.78 is 6.21. The lowest BCUT2D eigenvalue weighted by Gasteiger charge is -1.85. The van der Waals surface area contributed by atoms with E-state index in [4.69, 9.17) is 9.52 Å². The first kappa shape index (κ1) is 8.93. The maximum absolute atomic E-state index is 8.77. The van der Waals surface area contributed by atoms with E-state index in [1.165, 1.54) is 6.26 Å². The summed E-state index contributed by atoms with van der Waals surface area (Å²) in [6.07, 6.45) is 1.46. The van der Waals surface area contributed by atoms with Gasteiger partial charge in [-0.3, -0.25) is 0 Å². The quantitative estimate of drug-likeness (QED) is 0.902. The van der Waals surface area contributed by atoms with Crippen molar-refractivity contribution in [1.29, 1.82) is 0 Å². The number of halogens is 1. The van der Waals surface area contributed by atoms with Gasteiger partial charge < -0.3 is 9.52 Å².